The van der Waals surface area contributed by atoms with Crippen LogP contribution in [0.2, 0.25) is 0 Å². The molecule has 2 rings (SSSR count). The monoisotopic (exact) mass is 162 g/mol. The summed E-state index contributed by atoms with van der Waals surface area (Å²) in [6.07, 6.45) is 7.21. The van der Waals surface area contributed by atoms with Crippen LogP contribution in [0, 0.1) is 0 Å². The highest BCUT2D eigenvalue weighted by Crippen LogP contribution is 2.37. The summed E-state index contributed by atoms with van der Waals surface area (Å²) in [4.78, 5) is 18.5. The predicted octanol–water partition coefficient (Wildman–Crippen LogP) is 1.10. The molecule has 0 spiro atoms. The smallest absolute Gasteiger partial charge is 0.131 e. The molecule has 1 aromatic heterocycles. The number of nitrogens with zero attached hydrogens (tertiary/aromatic N) is 2. The van der Waals surface area contributed by atoms with E-state index in [-0.39, 0.29) is 0 Å². The number of rotatable bonds is 3. The lowest BCUT2D eigenvalue weighted by Crippen LogP contribution is -1.94. The molecule has 1 aliphatic carbocycles. The van der Waals surface area contributed by atoms with E-state index in [0.29, 0.717) is 12.3 Å². The molecule has 62 valence electrons. The second-order valence-electron chi connectivity index (χ2n) is 3.09. The summed E-state index contributed by atoms with van der Waals surface area (Å²) in [6, 6.07) is 0. The van der Waals surface area contributed by atoms with Crippen molar-refractivity contribution in [1.82, 2.24) is 9.97 Å². The normalized spacial score (nSPS) is 16.0. The maximum absolute atomic E-state index is 10.1. The number of carbonyl (C=O) groups is 1. The van der Waals surface area contributed by atoms with E-state index >= 15 is 0 Å². The summed E-state index contributed by atoms with van der Waals surface area (Å²) in [7, 11) is 0. The molecule has 1 heterocycles. The first-order valence-electron chi connectivity index (χ1n) is 4.14. The molecule has 0 N–H and O–H groups in total. The van der Waals surface area contributed by atoms with Crippen LogP contribution in [0.5, 0.6) is 0 Å². The zero-order chi connectivity index (χ0) is 8.39. The average molecular weight is 162 g/mol. The first kappa shape index (κ1) is 7.40. The van der Waals surface area contributed by atoms with E-state index in [0.717, 1.165) is 17.7 Å². The van der Waals surface area contributed by atoms with Gasteiger partial charge < -0.3 is 4.79 Å². The third-order valence-electron chi connectivity index (χ3n) is 1.99. The second-order valence-corrected chi connectivity index (χ2v) is 3.09. The lowest BCUT2D eigenvalue weighted by molar-refractivity contribution is -0.107. The van der Waals surface area contributed by atoms with Crippen LogP contribution in [0.3, 0.4) is 0 Å². The van der Waals surface area contributed by atoms with E-state index in [1.54, 1.807) is 12.4 Å². The molecule has 0 bridgehead atoms. The van der Waals surface area contributed by atoms with Gasteiger partial charge in [-0.05, 0) is 18.4 Å². The average Bonchev–Trinajstić information content (AvgIpc) is 2.89. The topological polar surface area (TPSA) is 42.9 Å². The van der Waals surface area contributed by atoms with Crippen LogP contribution in [-0.4, -0.2) is 16.3 Å². The Morgan fingerprint density at radius 2 is 2.08 bits per heavy atom. The van der Waals surface area contributed by atoms with Crippen LogP contribution in [-0.2, 0) is 11.2 Å². The fourth-order valence-corrected chi connectivity index (χ4v) is 1.12. The van der Waals surface area contributed by atoms with Gasteiger partial charge in [-0.2, -0.15) is 0 Å². The van der Waals surface area contributed by atoms with Crippen LogP contribution >= 0.6 is 0 Å². The first-order chi connectivity index (χ1) is 5.90. The molecule has 1 fully saturated rings. The maximum Gasteiger partial charge on any atom is 0.131 e. The van der Waals surface area contributed by atoms with Crippen molar-refractivity contribution in [2.45, 2.75) is 25.2 Å². The Bertz CT molecular complexity index is 277. The summed E-state index contributed by atoms with van der Waals surface area (Å²) < 4.78 is 0. The quantitative estimate of drug-likeness (QED) is 0.625. The van der Waals surface area contributed by atoms with Crippen LogP contribution in [0.1, 0.15) is 30.1 Å². The lowest BCUT2D eigenvalue weighted by Gasteiger charge is -1.96. The van der Waals surface area contributed by atoms with Gasteiger partial charge in [0.05, 0.1) is 0 Å². The summed E-state index contributed by atoms with van der Waals surface area (Å²) >= 11 is 0. The molecule has 3 nitrogen and oxygen atoms in total. The van der Waals surface area contributed by atoms with Gasteiger partial charge in [-0.25, -0.2) is 9.97 Å². The van der Waals surface area contributed by atoms with Crippen LogP contribution < -0.4 is 0 Å². The van der Waals surface area contributed by atoms with Crippen molar-refractivity contribution in [2.75, 3.05) is 0 Å². The van der Waals surface area contributed by atoms with Gasteiger partial charge in [-0.15, -0.1) is 0 Å². The van der Waals surface area contributed by atoms with Gasteiger partial charge in [0.25, 0.3) is 0 Å². The maximum atomic E-state index is 10.1. The Morgan fingerprint density at radius 1 is 1.42 bits per heavy atom. The highest BCUT2D eigenvalue weighted by atomic mass is 16.1. The summed E-state index contributed by atoms with van der Waals surface area (Å²) in [5.41, 5.74) is 0.898. The highest BCUT2D eigenvalue weighted by Gasteiger charge is 2.25. The fourth-order valence-electron chi connectivity index (χ4n) is 1.12. The standard InChI is InChI=1S/C9H10N2O/c12-4-3-7-5-10-9(11-6-7)8-1-2-8/h4-6,8H,1-3H2. The minimum atomic E-state index is 0.422. The zero-order valence-corrected chi connectivity index (χ0v) is 6.73. The van der Waals surface area contributed by atoms with Crippen LogP contribution in [0.25, 0.3) is 0 Å². The molecule has 0 aliphatic heterocycles. The van der Waals surface area contributed by atoms with Crippen molar-refractivity contribution < 1.29 is 4.79 Å². The van der Waals surface area contributed by atoms with E-state index in [2.05, 4.69) is 9.97 Å². The Kier molecular flexibility index (Phi) is 1.86. The highest BCUT2D eigenvalue weighted by molar-refractivity contribution is 5.54. The molecule has 1 aliphatic rings. The third-order valence-corrected chi connectivity index (χ3v) is 1.99. The molecule has 0 amide bonds. The van der Waals surface area contributed by atoms with Crippen LogP contribution in [0.15, 0.2) is 12.4 Å². The van der Waals surface area contributed by atoms with E-state index < -0.39 is 0 Å². The Balaban J connectivity index is 2.12. The molecule has 0 unspecified atom stereocenters. The number of hydrogen-bond donors (Lipinski definition) is 0. The molecule has 3 heteroatoms. The van der Waals surface area contributed by atoms with E-state index in [9.17, 15) is 4.79 Å². The van der Waals surface area contributed by atoms with Gasteiger partial charge in [0.1, 0.15) is 12.1 Å². The van der Waals surface area contributed by atoms with Gasteiger partial charge in [0, 0.05) is 24.7 Å². The summed E-state index contributed by atoms with van der Waals surface area (Å²) in [5.74, 6) is 1.53. The summed E-state index contributed by atoms with van der Waals surface area (Å²) in [6.45, 7) is 0. The molecule has 1 aromatic rings. The minimum absolute atomic E-state index is 0.422. The number of aldehydes is 1. The Hall–Kier alpha value is -1.25. The largest absolute Gasteiger partial charge is 0.303 e. The Morgan fingerprint density at radius 3 is 2.58 bits per heavy atom. The van der Waals surface area contributed by atoms with Crippen molar-refractivity contribution in [1.29, 1.82) is 0 Å². The molecule has 0 atom stereocenters. The minimum Gasteiger partial charge on any atom is -0.303 e. The SMILES string of the molecule is O=CCc1cnc(C2CC2)nc1. The summed E-state index contributed by atoms with van der Waals surface area (Å²) in [5, 5.41) is 0. The molecular weight excluding hydrogens is 152 g/mol. The zero-order valence-electron chi connectivity index (χ0n) is 6.73. The molecule has 0 radical (unpaired) electrons. The van der Waals surface area contributed by atoms with Crippen LogP contribution in [0.4, 0.5) is 0 Å². The lowest BCUT2D eigenvalue weighted by atomic mass is 10.2. The number of aromatic nitrogens is 2. The van der Waals surface area contributed by atoms with E-state index in [1.165, 1.54) is 12.8 Å². The van der Waals surface area contributed by atoms with Gasteiger partial charge in [0.15, 0.2) is 0 Å². The van der Waals surface area contributed by atoms with Gasteiger partial charge in [-0.3, -0.25) is 0 Å². The molecule has 12 heavy (non-hydrogen) atoms. The molecule has 1 saturated carbocycles. The van der Waals surface area contributed by atoms with Crippen molar-refractivity contribution >= 4 is 6.29 Å². The first-order valence-corrected chi connectivity index (χ1v) is 4.14. The third kappa shape index (κ3) is 1.49. The van der Waals surface area contributed by atoms with Crippen molar-refractivity contribution in [3.8, 4) is 0 Å². The molecular formula is C9H10N2O. The number of hydrogen-bond acceptors (Lipinski definition) is 3. The van der Waals surface area contributed by atoms with Gasteiger partial charge in [0.2, 0.25) is 0 Å². The van der Waals surface area contributed by atoms with E-state index in [4.69, 9.17) is 0 Å². The second kappa shape index (κ2) is 3.01. The van der Waals surface area contributed by atoms with Gasteiger partial charge in [-0.1, -0.05) is 0 Å². The molecule has 0 aromatic carbocycles. The van der Waals surface area contributed by atoms with Gasteiger partial charge >= 0.3 is 0 Å². The molecule has 0 saturated heterocycles. The predicted molar refractivity (Wildman–Crippen MR) is 43.8 cm³/mol. The van der Waals surface area contributed by atoms with Crippen molar-refractivity contribution in [2.24, 2.45) is 0 Å². The fraction of sp³-hybridized carbons (Fsp3) is 0.444. The van der Waals surface area contributed by atoms with Crippen molar-refractivity contribution in [3.63, 3.8) is 0 Å². The van der Waals surface area contributed by atoms with Crippen molar-refractivity contribution in [3.05, 3.63) is 23.8 Å². The number of carbonyl (C=O) groups excluding carboxylic acids is 1. The van der Waals surface area contributed by atoms with E-state index in [1.807, 2.05) is 0 Å². The Labute approximate surface area is 70.9 Å².